The van der Waals surface area contributed by atoms with Gasteiger partial charge in [-0.3, -0.25) is 0 Å². The van der Waals surface area contributed by atoms with Gasteiger partial charge in [-0.05, 0) is 39.7 Å². The minimum Gasteiger partial charge on any atom is -0.384 e. The van der Waals surface area contributed by atoms with Gasteiger partial charge in [0.1, 0.15) is 5.82 Å². The van der Waals surface area contributed by atoms with Gasteiger partial charge >= 0.3 is 6.18 Å². The van der Waals surface area contributed by atoms with Crippen molar-refractivity contribution in [2.45, 2.75) is 6.18 Å². The number of aromatic nitrogens is 1. The summed E-state index contributed by atoms with van der Waals surface area (Å²) < 4.78 is 38.4. The third-order valence-electron chi connectivity index (χ3n) is 2.38. The maximum atomic E-state index is 12.6. The minimum absolute atomic E-state index is 0.255. The highest BCUT2D eigenvalue weighted by molar-refractivity contribution is 9.10. The third-order valence-corrected chi connectivity index (χ3v) is 3.01. The number of benzene rings is 1. The van der Waals surface area contributed by atoms with E-state index in [1.807, 2.05) is 0 Å². The van der Waals surface area contributed by atoms with Crippen LogP contribution in [0, 0.1) is 0 Å². The fourth-order valence-electron chi connectivity index (χ4n) is 1.54. The number of nitrogens with two attached hydrogens (primary N) is 1. The predicted molar refractivity (Wildman–Crippen MR) is 66.8 cm³/mol. The number of halogens is 4. The van der Waals surface area contributed by atoms with Gasteiger partial charge in [-0.1, -0.05) is 12.1 Å². The monoisotopic (exact) mass is 316 g/mol. The van der Waals surface area contributed by atoms with Crippen LogP contribution in [0.3, 0.4) is 0 Å². The summed E-state index contributed by atoms with van der Waals surface area (Å²) in [6.45, 7) is 0. The summed E-state index contributed by atoms with van der Waals surface area (Å²) in [6.07, 6.45) is -2.90. The quantitative estimate of drug-likeness (QED) is 0.859. The smallest absolute Gasteiger partial charge is 0.384 e. The molecular formula is C12H8BrF3N2. The molecular weight excluding hydrogens is 309 g/mol. The van der Waals surface area contributed by atoms with Crippen molar-refractivity contribution in [3.05, 3.63) is 46.6 Å². The van der Waals surface area contributed by atoms with Crippen LogP contribution in [0.4, 0.5) is 19.0 Å². The topological polar surface area (TPSA) is 38.9 Å². The lowest BCUT2D eigenvalue weighted by Gasteiger charge is -2.10. The molecule has 18 heavy (non-hydrogen) atoms. The highest BCUT2D eigenvalue weighted by Crippen LogP contribution is 2.34. The van der Waals surface area contributed by atoms with E-state index in [0.29, 0.717) is 15.6 Å². The number of anilines is 1. The van der Waals surface area contributed by atoms with Crippen LogP contribution in [0.1, 0.15) is 5.56 Å². The van der Waals surface area contributed by atoms with Gasteiger partial charge in [-0.15, -0.1) is 0 Å². The van der Waals surface area contributed by atoms with Gasteiger partial charge in [0.05, 0.1) is 5.56 Å². The number of hydrogen-bond acceptors (Lipinski definition) is 2. The zero-order chi connectivity index (χ0) is 13.3. The average molecular weight is 317 g/mol. The molecule has 2 N–H and O–H groups in total. The van der Waals surface area contributed by atoms with Crippen LogP contribution in [-0.4, -0.2) is 4.98 Å². The first-order chi connectivity index (χ1) is 8.38. The van der Waals surface area contributed by atoms with E-state index in [0.717, 1.165) is 12.1 Å². The molecule has 6 heteroatoms. The second kappa shape index (κ2) is 4.61. The number of rotatable bonds is 1. The lowest BCUT2D eigenvalue weighted by molar-refractivity contribution is -0.137. The van der Waals surface area contributed by atoms with Gasteiger partial charge in [-0.25, -0.2) is 4.98 Å². The standard InChI is InChI=1S/C12H8BrF3N2/c13-10-6-18-11(17)5-9(10)7-2-1-3-8(4-7)12(14,15)16/h1-6H,(H2,17,18). The van der Waals surface area contributed by atoms with Crippen LogP contribution < -0.4 is 5.73 Å². The van der Waals surface area contributed by atoms with Gasteiger partial charge in [0.25, 0.3) is 0 Å². The van der Waals surface area contributed by atoms with Crippen molar-refractivity contribution in [2.24, 2.45) is 0 Å². The molecule has 2 rings (SSSR count). The van der Waals surface area contributed by atoms with Gasteiger partial charge in [0.2, 0.25) is 0 Å². The Labute approximate surface area is 110 Å². The van der Waals surface area contributed by atoms with E-state index in [9.17, 15) is 13.2 Å². The lowest BCUT2D eigenvalue weighted by atomic mass is 10.0. The van der Waals surface area contributed by atoms with Crippen molar-refractivity contribution in [1.29, 1.82) is 0 Å². The van der Waals surface area contributed by atoms with Gasteiger partial charge in [0.15, 0.2) is 0 Å². The molecule has 0 saturated heterocycles. The second-order valence-corrected chi connectivity index (χ2v) is 4.52. The molecule has 1 aromatic carbocycles. The first kappa shape index (κ1) is 12.9. The van der Waals surface area contributed by atoms with Crippen LogP contribution in [0.25, 0.3) is 11.1 Å². The van der Waals surface area contributed by atoms with Crippen LogP contribution in [-0.2, 0) is 6.18 Å². The summed E-state index contributed by atoms with van der Waals surface area (Å²) in [6, 6.07) is 6.59. The molecule has 0 aliphatic carbocycles. The molecule has 0 fully saturated rings. The summed E-state index contributed by atoms with van der Waals surface area (Å²) >= 11 is 3.24. The van der Waals surface area contributed by atoms with E-state index in [1.165, 1.54) is 18.3 Å². The Morgan fingerprint density at radius 3 is 2.56 bits per heavy atom. The molecule has 2 nitrogen and oxygen atoms in total. The Bertz CT molecular complexity index is 582. The largest absolute Gasteiger partial charge is 0.416 e. The summed E-state index contributed by atoms with van der Waals surface area (Å²) in [4.78, 5) is 3.84. The number of alkyl halides is 3. The Morgan fingerprint density at radius 2 is 1.89 bits per heavy atom. The number of nitrogen functional groups attached to an aromatic ring is 1. The molecule has 2 aromatic rings. The minimum atomic E-state index is -4.36. The first-order valence-corrected chi connectivity index (χ1v) is 5.76. The fraction of sp³-hybridized carbons (Fsp3) is 0.0833. The highest BCUT2D eigenvalue weighted by atomic mass is 79.9. The van der Waals surface area contributed by atoms with Crippen molar-refractivity contribution in [3.8, 4) is 11.1 Å². The zero-order valence-corrected chi connectivity index (χ0v) is 10.6. The van der Waals surface area contributed by atoms with Crippen molar-refractivity contribution in [2.75, 3.05) is 5.73 Å². The lowest BCUT2D eigenvalue weighted by Crippen LogP contribution is -2.04. The molecule has 0 radical (unpaired) electrons. The van der Waals surface area contributed by atoms with Crippen LogP contribution >= 0.6 is 15.9 Å². The molecule has 0 aliphatic heterocycles. The van der Waals surface area contributed by atoms with Crippen molar-refractivity contribution >= 4 is 21.7 Å². The third kappa shape index (κ3) is 2.64. The summed E-state index contributed by atoms with van der Waals surface area (Å²) in [5.41, 5.74) is 5.86. The zero-order valence-electron chi connectivity index (χ0n) is 9.00. The molecule has 1 aromatic heterocycles. The molecule has 0 saturated carbocycles. The number of nitrogens with zero attached hydrogens (tertiary/aromatic N) is 1. The van der Waals surface area contributed by atoms with Gasteiger partial charge in [0, 0.05) is 16.2 Å². The van der Waals surface area contributed by atoms with E-state index in [4.69, 9.17) is 5.73 Å². The molecule has 0 spiro atoms. The molecule has 0 aliphatic rings. The van der Waals surface area contributed by atoms with E-state index in [1.54, 1.807) is 6.07 Å². The number of hydrogen-bond donors (Lipinski definition) is 1. The molecule has 94 valence electrons. The Morgan fingerprint density at radius 1 is 1.17 bits per heavy atom. The SMILES string of the molecule is Nc1cc(-c2cccc(C(F)(F)F)c2)c(Br)cn1. The van der Waals surface area contributed by atoms with E-state index in [-0.39, 0.29) is 5.82 Å². The first-order valence-electron chi connectivity index (χ1n) is 4.96. The molecule has 1 heterocycles. The van der Waals surface area contributed by atoms with Crippen LogP contribution in [0.2, 0.25) is 0 Å². The maximum Gasteiger partial charge on any atom is 0.416 e. The Balaban J connectivity index is 2.55. The van der Waals surface area contributed by atoms with E-state index in [2.05, 4.69) is 20.9 Å². The summed E-state index contributed by atoms with van der Waals surface area (Å²) in [5, 5.41) is 0. The Hall–Kier alpha value is -1.56. The molecule has 0 unspecified atom stereocenters. The average Bonchev–Trinajstić information content (AvgIpc) is 2.31. The maximum absolute atomic E-state index is 12.6. The van der Waals surface area contributed by atoms with Crippen molar-refractivity contribution in [3.63, 3.8) is 0 Å². The molecule has 0 bridgehead atoms. The molecule has 0 atom stereocenters. The van der Waals surface area contributed by atoms with Gasteiger partial charge in [-0.2, -0.15) is 13.2 Å². The highest BCUT2D eigenvalue weighted by Gasteiger charge is 2.30. The predicted octanol–water partition coefficient (Wildman–Crippen LogP) is 4.11. The normalized spacial score (nSPS) is 11.6. The van der Waals surface area contributed by atoms with E-state index >= 15 is 0 Å². The number of pyridine rings is 1. The molecule has 0 amide bonds. The summed E-state index contributed by atoms with van der Waals surface area (Å²) in [5.74, 6) is 0.255. The van der Waals surface area contributed by atoms with Crippen LogP contribution in [0.15, 0.2) is 41.0 Å². The fourth-order valence-corrected chi connectivity index (χ4v) is 1.98. The van der Waals surface area contributed by atoms with E-state index < -0.39 is 11.7 Å². The van der Waals surface area contributed by atoms with Crippen molar-refractivity contribution < 1.29 is 13.2 Å². The van der Waals surface area contributed by atoms with Gasteiger partial charge < -0.3 is 5.73 Å². The summed E-state index contributed by atoms with van der Waals surface area (Å²) in [7, 11) is 0. The van der Waals surface area contributed by atoms with Crippen LogP contribution in [0.5, 0.6) is 0 Å². The Kier molecular flexibility index (Phi) is 3.30. The second-order valence-electron chi connectivity index (χ2n) is 3.67. The van der Waals surface area contributed by atoms with Crippen molar-refractivity contribution in [1.82, 2.24) is 4.98 Å².